The molecule has 2 N–H and O–H groups in total. The van der Waals surface area contributed by atoms with Crippen molar-refractivity contribution in [2.45, 2.75) is 31.2 Å². The van der Waals surface area contributed by atoms with Crippen molar-refractivity contribution in [2.75, 3.05) is 12.8 Å². The smallest absolute Gasteiger partial charge is 0.245 e. The molecule has 0 aliphatic carbocycles. The molecule has 0 heterocycles. The van der Waals surface area contributed by atoms with Crippen molar-refractivity contribution in [2.24, 2.45) is 0 Å². The number of sulfonamides is 1. The molecule has 90 valence electrons. The van der Waals surface area contributed by atoms with E-state index in [1.54, 1.807) is 25.2 Å². The molecule has 0 saturated carbocycles. The molecule has 1 rings (SSSR count). The molecule has 5 heteroatoms. The first-order valence-corrected chi connectivity index (χ1v) is 6.67. The highest BCUT2D eigenvalue weighted by Crippen LogP contribution is 2.22. The molecule has 1 atom stereocenters. The van der Waals surface area contributed by atoms with Gasteiger partial charge in [-0.1, -0.05) is 19.1 Å². The third kappa shape index (κ3) is 2.36. The van der Waals surface area contributed by atoms with Crippen molar-refractivity contribution in [3.8, 4) is 0 Å². The molecule has 1 aromatic rings. The summed E-state index contributed by atoms with van der Waals surface area (Å²) in [4.78, 5) is 0.179. The Hall–Kier alpha value is -1.07. The number of nitrogen functional groups attached to an aromatic ring is 1. The molecule has 0 amide bonds. The zero-order valence-corrected chi connectivity index (χ0v) is 10.7. The number of anilines is 1. The highest BCUT2D eigenvalue weighted by molar-refractivity contribution is 7.89. The molecule has 0 aliphatic rings. The lowest BCUT2D eigenvalue weighted by molar-refractivity contribution is 0.381. The molecule has 0 bridgehead atoms. The van der Waals surface area contributed by atoms with Crippen molar-refractivity contribution in [3.05, 3.63) is 24.3 Å². The molecule has 0 aliphatic heterocycles. The van der Waals surface area contributed by atoms with Crippen molar-refractivity contribution in [1.29, 1.82) is 0 Å². The second-order valence-electron chi connectivity index (χ2n) is 3.82. The predicted octanol–water partition coefficient (Wildman–Crippen LogP) is 1.69. The second kappa shape index (κ2) is 4.84. The summed E-state index contributed by atoms with van der Waals surface area (Å²) in [6.07, 6.45) is 0.766. The highest BCUT2D eigenvalue weighted by Gasteiger charge is 2.25. The Bertz CT molecular complexity index is 457. The Morgan fingerprint density at radius 3 is 2.44 bits per heavy atom. The largest absolute Gasteiger partial charge is 0.398 e. The fourth-order valence-electron chi connectivity index (χ4n) is 1.36. The first kappa shape index (κ1) is 13.0. The Balaban J connectivity index is 3.17. The Morgan fingerprint density at radius 1 is 1.38 bits per heavy atom. The summed E-state index contributed by atoms with van der Waals surface area (Å²) in [6.45, 7) is 3.82. The van der Waals surface area contributed by atoms with E-state index in [9.17, 15) is 8.42 Å². The van der Waals surface area contributed by atoms with Crippen LogP contribution >= 0.6 is 0 Å². The molecule has 16 heavy (non-hydrogen) atoms. The lowest BCUT2D eigenvalue weighted by Crippen LogP contribution is -2.34. The first-order valence-electron chi connectivity index (χ1n) is 5.23. The number of hydrogen-bond donors (Lipinski definition) is 1. The number of para-hydroxylation sites is 1. The third-order valence-electron chi connectivity index (χ3n) is 2.79. The molecular formula is C11H18N2O2S. The minimum absolute atomic E-state index is 0.0374. The molecule has 1 aromatic carbocycles. The van der Waals surface area contributed by atoms with Gasteiger partial charge in [-0.25, -0.2) is 8.42 Å². The van der Waals surface area contributed by atoms with E-state index in [0.29, 0.717) is 0 Å². The average molecular weight is 242 g/mol. The maximum absolute atomic E-state index is 12.2. The van der Waals surface area contributed by atoms with E-state index in [1.165, 1.54) is 10.4 Å². The van der Waals surface area contributed by atoms with Gasteiger partial charge in [0.05, 0.1) is 5.69 Å². The number of hydrogen-bond acceptors (Lipinski definition) is 3. The maximum Gasteiger partial charge on any atom is 0.245 e. The van der Waals surface area contributed by atoms with Crippen LogP contribution in [0.1, 0.15) is 20.3 Å². The maximum atomic E-state index is 12.2. The second-order valence-corrected chi connectivity index (χ2v) is 5.78. The molecule has 0 aromatic heterocycles. The third-order valence-corrected chi connectivity index (χ3v) is 4.83. The van der Waals surface area contributed by atoms with Crippen molar-refractivity contribution in [1.82, 2.24) is 4.31 Å². The molecule has 0 spiro atoms. The molecule has 1 unspecified atom stereocenters. The Morgan fingerprint density at radius 2 is 1.94 bits per heavy atom. The monoisotopic (exact) mass is 242 g/mol. The summed E-state index contributed by atoms with van der Waals surface area (Å²) in [5.74, 6) is 0. The normalized spacial score (nSPS) is 14.0. The topological polar surface area (TPSA) is 63.4 Å². The van der Waals surface area contributed by atoms with Crippen molar-refractivity contribution in [3.63, 3.8) is 0 Å². The number of nitrogens with zero attached hydrogens (tertiary/aromatic N) is 1. The van der Waals surface area contributed by atoms with Gasteiger partial charge in [0.25, 0.3) is 0 Å². The van der Waals surface area contributed by atoms with Gasteiger partial charge in [0.15, 0.2) is 0 Å². The van der Waals surface area contributed by atoms with Gasteiger partial charge in [-0.2, -0.15) is 4.31 Å². The van der Waals surface area contributed by atoms with Crippen LogP contribution in [0.3, 0.4) is 0 Å². The van der Waals surface area contributed by atoms with Gasteiger partial charge in [0.1, 0.15) is 4.90 Å². The summed E-state index contributed by atoms with van der Waals surface area (Å²) < 4.78 is 25.8. The minimum atomic E-state index is -3.47. The van der Waals surface area contributed by atoms with Gasteiger partial charge >= 0.3 is 0 Å². The van der Waals surface area contributed by atoms with E-state index in [1.807, 2.05) is 13.8 Å². The van der Waals surface area contributed by atoms with E-state index in [-0.39, 0.29) is 16.6 Å². The summed E-state index contributed by atoms with van der Waals surface area (Å²) >= 11 is 0. The quantitative estimate of drug-likeness (QED) is 0.817. The molecule has 0 radical (unpaired) electrons. The summed E-state index contributed by atoms with van der Waals surface area (Å²) in [7, 11) is -1.89. The Labute approximate surface area is 97.1 Å². The highest BCUT2D eigenvalue weighted by atomic mass is 32.2. The number of nitrogens with two attached hydrogens (primary N) is 1. The minimum Gasteiger partial charge on any atom is -0.398 e. The van der Waals surface area contributed by atoms with Crippen LogP contribution in [0.4, 0.5) is 5.69 Å². The molecule has 4 nitrogen and oxygen atoms in total. The SMILES string of the molecule is CCC(C)N(C)S(=O)(=O)c1ccccc1N. The van der Waals surface area contributed by atoms with Gasteiger partial charge in [0.2, 0.25) is 10.0 Å². The number of benzene rings is 1. The average Bonchev–Trinajstić information content (AvgIpc) is 2.27. The van der Waals surface area contributed by atoms with Crippen molar-refractivity contribution >= 4 is 15.7 Å². The fourth-order valence-corrected chi connectivity index (χ4v) is 2.91. The molecule has 0 fully saturated rings. The van der Waals surface area contributed by atoms with Gasteiger partial charge in [-0.05, 0) is 25.5 Å². The van der Waals surface area contributed by atoms with Crippen LogP contribution < -0.4 is 5.73 Å². The van der Waals surface area contributed by atoms with Crippen LogP contribution in [0.25, 0.3) is 0 Å². The van der Waals surface area contributed by atoms with E-state index >= 15 is 0 Å². The zero-order valence-electron chi connectivity index (χ0n) is 9.84. The summed E-state index contributed by atoms with van der Waals surface area (Å²) in [6, 6.07) is 6.48. The van der Waals surface area contributed by atoms with Gasteiger partial charge in [0, 0.05) is 13.1 Å². The lowest BCUT2D eigenvalue weighted by Gasteiger charge is -2.23. The van der Waals surface area contributed by atoms with Gasteiger partial charge in [-0.15, -0.1) is 0 Å². The van der Waals surface area contributed by atoms with E-state index in [2.05, 4.69) is 0 Å². The van der Waals surface area contributed by atoms with Gasteiger partial charge < -0.3 is 5.73 Å². The van der Waals surface area contributed by atoms with Crippen LogP contribution in [0.15, 0.2) is 29.2 Å². The molecule has 0 saturated heterocycles. The summed E-state index contributed by atoms with van der Waals surface area (Å²) in [5.41, 5.74) is 5.97. The first-order chi connectivity index (χ1) is 7.41. The van der Waals surface area contributed by atoms with Crippen molar-refractivity contribution < 1.29 is 8.42 Å². The van der Waals surface area contributed by atoms with Gasteiger partial charge in [-0.3, -0.25) is 0 Å². The van der Waals surface area contributed by atoms with E-state index in [0.717, 1.165) is 6.42 Å². The predicted molar refractivity (Wildman–Crippen MR) is 65.6 cm³/mol. The lowest BCUT2D eigenvalue weighted by atomic mass is 10.3. The standard InChI is InChI=1S/C11H18N2O2S/c1-4-9(2)13(3)16(14,15)11-8-6-5-7-10(11)12/h5-9H,4,12H2,1-3H3. The van der Waals surface area contributed by atoms with Crippen LogP contribution in [-0.4, -0.2) is 25.8 Å². The zero-order chi connectivity index (χ0) is 12.3. The number of rotatable bonds is 4. The molecular weight excluding hydrogens is 224 g/mol. The van der Waals surface area contributed by atoms with E-state index in [4.69, 9.17) is 5.73 Å². The van der Waals surface area contributed by atoms with Crippen LogP contribution in [-0.2, 0) is 10.0 Å². The Kier molecular flexibility index (Phi) is 3.93. The summed E-state index contributed by atoms with van der Waals surface area (Å²) in [5, 5.41) is 0. The fraction of sp³-hybridized carbons (Fsp3) is 0.455. The van der Waals surface area contributed by atoms with Crippen LogP contribution in [0.2, 0.25) is 0 Å². The van der Waals surface area contributed by atoms with E-state index < -0.39 is 10.0 Å². The van der Waals surface area contributed by atoms with Crippen LogP contribution in [0, 0.1) is 0 Å². The van der Waals surface area contributed by atoms with Crippen LogP contribution in [0.5, 0.6) is 0 Å².